The standard InChI is InChI=1S/C9H11N3O3/c1-6-3-2-4-7(12(13)14)9(6)15-5-8(10)11/h2-4H,5H2,1H3,(H3,10,11). The van der Waals surface area contributed by atoms with Crippen molar-refractivity contribution in [2.45, 2.75) is 6.92 Å². The number of para-hydroxylation sites is 1. The minimum absolute atomic E-state index is 0.115. The van der Waals surface area contributed by atoms with Gasteiger partial charge in [-0.1, -0.05) is 12.1 Å². The predicted molar refractivity (Wildman–Crippen MR) is 55.2 cm³/mol. The SMILES string of the molecule is Cc1cccc([N+](=O)[O-])c1OCC(=N)N. The number of ether oxygens (including phenoxy) is 1. The highest BCUT2D eigenvalue weighted by Gasteiger charge is 2.16. The smallest absolute Gasteiger partial charge is 0.311 e. The van der Waals surface area contributed by atoms with Crippen LogP contribution in [0, 0.1) is 22.4 Å². The van der Waals surface area contributed by atoms with Crippen LogP contribution in [-0.2, 0) is 0 Å². The minimum Gasteiger partial charge on any atom is -0.479 e. The van der Waals surface area contributed by atoms with E-state index >= 15 is 0 Å². The van der Waals surface area contributed by atoms with E-state index in [-0.39, 0.29) is 23.9 Å². The van der Waals surface area contributed by atoms with Crippen molar-refractivity contribution in [3.63, 3.8) is 0 Å². The minimum atomic E-state index is -0.525. The Morgan fingerprint density at radius 2 is 2.33 bits per heavy atom. The maximum atomic E-state index is 10.7. The largest absolute Gasteiger partial charge is 0.479 e. The molecular weight excluding hydrogens is 198 g/mol. The van der Waals surface area contributed by atoms with E-state index in [9.17, 15) is 10.1 Å². The molecule has 1 rings (SSSR count). The average Bonchev–Trinajstić information content (AvgIpc) is 2.15. The molecule has 15 heavy (non-hydrogen) atoms. The van der Waals surface area contributed by atoms with Crippen LogP contribution in [0.5, 0.6) is 5.75 Å². The van der Waals surface area contributed by atoms with Gasteiger partial charge in [-0.15, -0.1) is 0 Å². The molecule has 80 valence electrons. The normalized spacial score (nSPS) is 9.67. The van der Waals surface area contributed by atoms with Crippen molar-refractivity contribution in [3.05, 3.63) is 33.9 Å². The number of benzene rings is 1. The first-order valence-corrected chi connectivity index (χ1v) is 4.22. The van der Waals surface area contributed by atoms with Crippen molar-refractivity contribution in [3.8, 4) is 5.75 Å². The monoisotopic (exact) mass is 209 g/mol. The Morgan fingerprint density at radius 3 is 2.87 bits per heavy atom. The first-order chi connectivity index (χ1) is 7.02. The molecule has 0 saturated carbocycles. The Kier molecular flexibility index (Phi) is 3.22. The van der Waals surface area contributed by atoms with Crippen molar-refractivity contribution in [2.75, 3.05) is 6.61 Å². The Hall–Kier alpha value is -2.11. The molecular formula is C9H11N3O3. The third-order valence-corrected chi connectivity index (χ3v) is 1.76. The summed E-state index contributed by atoms with van der Waals surface area (Å²) >= 11 is 0. The Balaban J connectivity index is 3.02. The number of aryl methyl sites for hydroxylation is 1. The average molecular weight is 209 g/mol. The number of nitrogens with two attached hydrogens (primary N) is 1. The number of rotatable bonds is 4. The third kappa shape index (κ3) is 2.67. The Labute approximate surface area is 86.3 Å². The lowest BCUT2D eigenvalue weighted by molar-refractivity contribution is -0.385. The maximum Gasteiger partial charge on any atom is 0.311 e. The summed E-state index contributed by atoms with van der Waals surface area (Å²) in [6, 6.07) is 4.62. The zero-order valence-corrected chi connectivity index (χ0v) is 8.19. The summed E-state index contributed by atoms with van der Waals surface area (Å²) in [6.07, 6.45) is 0. The van der Waals surface area contributed by atoms with Gasteiger partial charge < -0.3 is 10.5 Å². The van der Waals surface area contributed by atoms with Crippen LogP contribution >= 0.6 is 0 Å². The second kappa shape index (κ2) is 4.41. The molecule has 0 radical (unpaired) electrons. The van der Waals surface area contributed by atoms with Crippen molar-refractivity contribution in [2.24, 2.45) is 5.73 Å². The van der Waals surface area contributed by atoms with Gasteiger partial charge in [-0.2, -0.15) is 0 Å². The van der Waals surface area contributed by atoms with E-state index in [1.54, 1.807) is 19.1 Å². The number of nitro benzene ring substituents is 1. The van der Waals surface area contributed by atoms with Gasteiger partial charge in [-0.05, 0) is 12.5 Å². The van der Waals surface area contributed by atoms with Crippen LogP contribution in [-0.4, -0.2) is 17.4 Å². The summed E-state index contributed by atoms with van der Waals surface area (Å²) in [5, 5.41) is 17.6. The van der Waals surface area contributed by atoms with E-state index in [4.69, 9.17) is 15.9 Å². The third-order valence-electron chi connectivity index (χ3n) is 1.76. The topological polar surface area (TPSA) is 102 Å². The molecule has 0 aromatic heterocycles. The molecule has 6 heteroatoms. The molecule has 0 spiro atoms. The van der Waals surface area contributed by atoms with Gasteiger partial charge >= 0.3 is 5.69 Å². The highest BCUT2D eigenvalue weighted by Crippen LogP contribution is 2.29. The zero-order chi connectivity index (χ0) is 11.4. The van der Waals surface area contributed by atoms with E-state index in [0.29, 0.717) is 5.56 Å². The molecule has 0 saturated heterocycles. The summed E-state index contributed by atoms with van der Waals surface area (Å²) in [5.41, 5.74) is 5.63. The molecule has 1 aromatic rings. The molecule has 6 nitrogen and oxygen atoms in total. The lowest BCUT2D eigenvalue weighted by atomic mass is 10.2. The van der Waals surface area contributed by atoms with Crippen LogP contribution in [0.3, 0.4) is 0 Å². The van der Waals surface area contributed by atoms with Crippen LogP contribution in [0.25, 0.3) is 0 Å². The van der Waals surface area contributed by atoms with Crippen molar-refractivity contribution in [1.29, 1.82) is 5.41 Å². The van der Waals surface area contributed by atoms with Crippen LogP contribution in [0.2, 0.25) is 0 Å². The lowest BCUT2D eigenvalue weighted by Gasteiger charge is -2.07. The van der Waals surface area contributed by atoms with Gasteiger partial charge in [-0.25, -0.2) is 0 Å². The van der Waals surface area contributed by atoms with E-state index in [1.165, 1.54) is 6.07 Å². The molecule has 3 N–H and O–H groups in total. The highest BCUT2D eigenvalue weighted by molar-refractivity contribution is 5.78. The maximum absolute atomic E-state index is 10.7. The van der Waals surface area contributed by atoms with Crippen LogP contribution in [0.1, 0.15) is 5.56 Å². The molecule has 0 aliphatic rings. The number of nitro groups is 1. The molecule has 0 bridgehead atoms. The fourth-order valence-corrected chi connectivity index (χ4v) is 1.12. The number of amidine groups is 1. The number of nitrogens with zero attached hydrogens (tertiary/aromatic N) is 1. The molecule has 1 aromatic carbocycles. The molecule has 0 heterocycles. The summed E-state index contributed by atoms with van der Waals surface area (Å²) in [5.74, 6) is -0.00903. The summed E-state index contributed by atoms with van der Waals surface area (Å²) in [6.45, 7) is 1.55. The van der Waals surface area contributed by atoms with Gasteiger partial charge in [-0.3, -0.25) is 15.5 Å². The second-order valence-electron chi connectivity index (χ2n) is 2.99. The van der Waals surface area contributed by atoms with Gasteiger partial charge in [0.15, 0.2) is 5.75 Å². The first kappa shape index (κ1) is 11.0. The van der Waals surface area contributed by atoms with Gasteiger partial charge in [0.1, 0.15) is 12.4 Å². The Bertz CT molecular complexity index is 404. The van der Waals surface area contributed by atoms with Gasteiger partial charge in [0.25, 0.3) is 0 Å². The van der Waals surface area contributed by atoms with Gasteiger partial charge in [0.2, 0.25) is 0 Å². The first-order valence-electron chi connectivity index (χ1n) is 4.22. The van der Waals surface area contributed by atoms with E-state index in [0.717, 1.165) is 0 Å². The lowest BCUT2D eigenvalue weighted by Crippen LogP contribution is -2.19. The van der Waals surface area contributed by atoms with Crippen molar-refractivity contribution >= 4 is 11.5 Å². The molecule has 0 unspecified atom stereocenters. The van der Waals surface area contributed by atoms with Crippen LogP contribution in [0.15, 0.2) is 18.2 Å². The van der Waals surface area contributed by atoms with Crippen LogP contribution < -0.4 is 10.5 Å². The highest BCUT2D eigenvalue weighted by atomic mass is 16.6. The fraction of sp³-hybridized carbons (Fsp3) is 0.222. The summed E-state index contributed by atoms with van der Waals surface area (Å²) < 4.78 is 5.10. The molecule has 0 aliphatic carbocycles. The van der Waals surface area contributed by atoms with Gasteiger partial charge in [0, 0.05) is 6.07 Å². The van der Waals surface area contributed by atoms with Crippen LogP contribution in [0.4, 0.5) is 5.69 Å². The van der Waals surface area contributed by atoms with E-state index < -0.39 is 4.92 Å². The zero-order valence-electron chi connectivity index (χ0n) is 8.19. The summed E-state index contributed by atoms with van der Waals surface area (Å²) in [7, 11) is 0. The predicted octanol–water partition coefficient (Wildman–Crippen LogP) is 1.22. The van der Waals surface area contributed by atoms with E-state index in [2.05, 4.69) is 0 Å². The summed E-state index contributed by atoms with van der Waals surface area (Å²) in [4.78, 5) is 10.1. The van der Waals surface area contributed by atoms with Crippen molar-refractivity contribution < 1.29 is 9.66 Å². The van der Waals surface area contributed by atoms with E-state index in [1.807, 2.05) is 0 Å². The molecule has 0 aliphatic heterocycles. The quantitative estimate of drug-likeness (QED) is 0.336. The second-order valence-corrected chi connectivity index (χ2v) is 2.99. The number of hydrogen-bond acceptors (Lipinski definition) is 4. The number of nitrogens with one attached hydrogen (secondary N) is 1. The molecule has 0 fully saturated rings. The fourth-order valence-electron chi connectivity index (χ4n) is 1.12. The molecule has 0 atom stereocenters. The Morgan fingerprint density at radius 1 is 1.67 bits per heavy atom. The molecule has 0 amide bonds. The van der Waals surface area contributed by atoms with Crippen molar-refractivity contribution in [1.82, 2.24) is 0 Å². The number of hydrogen-bond donors (Lipinski definition) is 2. The van der Waals surface area contributed by atoms with Gasteiger partial charge in [0.05, 0.1) is 4.92 Å².